The summed E-state index contributed by atoms with van der Waals surface area (Å²) >= 11 is 0. The molecule has 0 aromatic heterocycles. The SMILES string of the molecule is [CH2]CC.[NaH]. The van der Waals surface area contributed by atoms with Gasteiger partial charge in [-0.05, 0) is 0 Å². The summed E-state index contributed by atoms with van der Waals surface area (Å²) in [7, 11) is 0. The van der Waals surface area contributed by atoms with Gasteiger partial charge in [0.25, 0.3) is 0 Å². The van der Waals surface area contributed by atoms with Crippen LogP contribution in [0.3, 0.4) is 0 Å². The molecular weight excluding hydrogens is 59.0 g/mol. The molecule has 0 amide bonds. The zero-order valence-electron chi connectivity index (χ0n) is 2.41. The van der Waals surface area contributed by atoms with E-state index in [4.69, 9.17) is 0 Å². The second kappa shape index (κ2) is 9.00. The van der Waals surface area contributed by atoms with Crippen LogP contribution < -0.4 is 0 Å². The van der Waals surface area contributed by atoms with Gasteiger partial charge in [0.05, 0.1) is 0 Å². The summed E-state index contributed by atoms with van der Waals surface area (Å²) in [4.78, 5) is 0. The van der Waals surface area contributed by atoms with Gasteiger partial charge in [-0.1, -0.05) is 20.3 Å². The Morgan fingerprint density at radius 1 is 1.75 bits per heavy atom. The topological polar surface area (TPSA) is 0 Å². The first kappa shape index (κ1) is 8.89. The quantitative estimate of drug-likeness (QED) is 0.363. The second-order valence-electron chi connectivity index (χ2n) is 0.500. The molecule has 0 aromatic carbocycles. The van der Waals surface area contributed by atoms with E-state index in [1.807, 2.05) is 6.92 Å². The van der Waals surface area contributed by atoms with E-state index >= 15 is 0 Å². The van der Waals surface area contributed by atoms with Gasteiger partial charge in [0.15, 0.2) is 0 Å². The van der Waals surface area contributed by atoms with E-state index in [9.17, 15) is 0 Å². The Kier molecular flexibility index (Phi) is 20.0. The Labute approximate surface area is 49.9 Å². The van der Waals surface area contributed by atoms with Gasteiger partial charge in [-0.25, -0.2) is 0 Å². The minimum atomic E-state index is 0. The summed E-state index contributed by atoms with van der Waals surface area (Å²) in [6.07, 6.45) is 1.00. The van der Waals surface area contributed by atoms with Crippen LogP contribution in [0.1, 0.15) is 13.3 Å². The van der Waals surface area contributed by atoms with E-state index in [1.54, 1.807) is 0 Å². The van der Waals surface area contributed by atoms with Crippen molar-refractivity contribution in [3.05, 3.63) is 6.92 Å². The fraction of sp³-hybridized carbons (Fsp3) is 0.667. The zero-order chi connectivity index (χ0) is 2.71. The normalized spacial score (nSPS) is 4.50. The van der Waals surface area contributed by atoms with Gasteiger partial charge in [0, 0.05) is 0 Å². The maximum atomic E-state index is 3.49. The van der Waals surface area contributed by atoms with E-state index in [1.165, 1.54) is 0 Å². The molecule has 0 fully saturated rings. The van der Waals surface area contributed by atoms with E-state index in [2.05, 4.69) is 6.92 Å². The summed E-state index contributed by atoms with van der Waals surface area (Å²) in [5.74, 6) is 0. The van der Waals surface area contributed by atoms with Crippen molar-refractivity contribution in [3.8, 4) is 0 Å². The van der Waals surface area contributed by atoms with Crippen LogP contribution in [0.2, 0.25) is 0 Å². The van der Waals surface area contributed by atoms with Crippen molar-refractivity contribution in [2.45, 2.75) is 13.3 Å². The molecule has 21 valence electrons. The molecule has 4 heavy (non-hydrogen) atoms. The standard InChI is InChI=1S/C3H7.Na.H/c1-3-2;;/h1,3H2,2H3;;. The Morgan fingerprint density at radius 2 is 1.75 bits per heavy atom. The average molecular weight is 67.1 g/mol. The van der Waals surface area contributed by atoms with Gasteiger partial charge in [-0.15, -0.1) is 0 Å². The van der Waals surface area contributed by atoms with Crippen molar-refractivity contribution in [1.82, 2.24) is 0 Å². The van der Waals surface area contributed by atoms with E-state index in [0.29, 0.717) is 0 Å². The van der Waals surface area contributed by atoms with Crippen LogP contribution in [-0.4, -0.2) is 29.6 Å². The molecule has 1 heteroatoms. The number of rotatable bonds is 0. The number of hydrogen-bond donors (Lipinski definition) is 0. The first-order valence-electron chi connectivity index (χ1n) is 1.21. The van der Waals surface area contributed by atoms with Gasteiger partial charge in [0.2, 0.25) is 0 Å². The predicted molar refractivity (Wildman–Crippen MR) is 22.8 cm³/mol. The van der Waals surface area contributed by atoms with Crippen LogP contribution in [0.4, 0.5) is 0 Å². The van der Waals surface area contributed by atoms with E-state index in [-0.39, 0.29) is 29.6 Å². The molecule has 0 saturated carbocycles. The van der Waals surface area contributed by atoms with Gasteiger partial charge in [-0.2, -0.15) is 0 Å². The molecule has 1 radical (unpaired) electrons. The minimum absolute atomic E-state index is 0. The maximum absolute atomic E-state index is 3.49. The molecule has 0 spiro atoms. The molecule has 0 heterocycles. The third kappa shape index (κ3) is 12.0. The van der Waals surface area contributed by atoms with E-state index in [0.717, 1.165) is 6.42 Å². The molecule has 0 bridgehead atoms. The van der Waals surface area contributed by atoms with Crippen LogP contribution in [0, 0.1) is 6.92 Å². The third-order valence-corrected chi connectivity index (χ3v) is 0. The van der Waals surface area contributed by atoms with Crippen LogP contribution in [0.25, 0.3) is 0 Å². The van der Waals surface area contributed by atoms with Gasteiger partial charge in [-0.3, -0.25) is 0 Å². The summed E-state index contributed by atoms with van der Waals surface area (Å²) < 4.78 is 0. The first-order valence-corrected chi connectivity index (χ1v) is 1.21. The van der Waals surface area contributed by atoms with Crippen molar-refractivity contribution in [1.29, 1.82) is 0 Å². The molecule has 0 rings (SSSR count). The van der Waals surface area contributed by atoms with Crippen molar-refractivity contribution in [3.63, 3.8) is 0 Å². The van der Waals surface area contributed by atoms with Crippen LogP contribution in [-0.2, 0) is 0 Å². The van der Waals surface area contributed by atoms with Gasteiger partial charge < -0.3 is 0 Å². The summed E-state index contributed by atoms with van der Waals surface area (Å²) in [5, 5.41) is 0. The van der Waals surface area contributed by atoms with E-state index < -0.39 is 0 Å². The molecular formula is C3H8Na. The van der Waals surface area contributed by atoms with Crippen molar-refractivity contribution >= 4 is 29.6 Å². The Bertz CT molecular complexity index is 3.25. The van der Waals surface area contributed by atoms with Crippen molar-refractivity contribution < 1.29 is 0 Å². The Morgan fingerprint density at radius 3 is 1.75 bits per heavy atom. The molecule has 0 aliphatic rings. The molecule has 0 aliphatic carbocycles. The monoisotopic (exact) mass is 67.1 g/mol. The zero-order valence-corrected chi connectivity index (χ0v) is 2.41. The Hall–Kier alpha value is 1.00. The molecule has 0 nitrogen and oxygen atoms in total. The van der Waals surface area contributed by atoms with Crippen molar-refractivity contribution in [2.24, 2.45) is 0 Å². The fourth-order valence-corrected chi connectivity index (χ4v) is 0. The molecule has 0 unspecified atom stereocenters. The van der Waals surface area contributed by atoms with Crippen molar-refractivity contribution in [2.75, 3.05) is 0 Å². The summed E-state index contributed by atoms with van der Waals surface area (Å²) in [6.45, 7) is 5.50. The third-order valence-electron chi connectivity index (χ3n) is 0. The van der Waals surface area contributed by atoms with Crippen LogP contribution >= 0.6 is 0 Å². The van der Waals surface area contributed by atoms with Crippen LogP contribution in [0.5, 0.6) is 0 Å². The average Bonchev–Trinajstić information content (AvgIpc) is 0.918. The summed E-state index contributed by atoms with van der Waals surface area (Å²) in [5.41, 5.74) is 0. The summed E-state index contributed by atoms with van der Waals surface area (Å²) in [6, 6.07) is 0. The van der Waals surface area contributed by atoms with Crippen LogP contribution in [0.15, 0.2) is 0 Å². The van der Waals surface area contributed by atoms with Gasteiger partial charge >= 0.3 is 29.6 Å². The second-order valence-corrected chi connectivity index (χ2v) is 0.500. The number of hydrogen-bond acceptors (Lipinski definition) is 0. The molecule has 0 atom stereocenters. The molecule has 0 N–H and O–H groups in total. The molecule has 0 aromatic rings. The predicted octanol–water partition coefficient (Wildman–Crippen LogP) is 0.582. The first-order chi connectivity index (χ1) is 1.41. The van der Waals surface area contributed by atoms with Gasteiger partial charge in [0.1, 0.15) is 0 Å². The molecule has 0 aliphatic heterocycles. The fourth-order valence-electron chi connectivity index (χ4n) is 0. The molecule has 0 saturated heterocycles. The Balaban J connectivity index is 0.